The highest BCUT2D eigenvalue weighted by Crippen LogP contribution is 2.29. The largest absolute Gasteiger partial charge is 0.493 e. The van der Waals surface area contributed by atoms with Gasteiger partial charge in [0.15, 0.2) is 11.1 Å². The summed E-state index contributed by atoms with van der Waals surface area (Å²) in [6.07, 6.45) is 6.30. The lowest BCUT2D eigenvalue weighted by Gasteiger charge is -2.19. The van der Waals surface area contributed by atoms with E-state index in [1.807, 2.05) is 37.2 Å². The van der Waals surface area contributed by atoms with Crippen LogP contribution in [0.5, 0.6) is 5.88 Å². The van der Waals surface area contributed by atoms with E-state index in [9.17, 15) is 14.7 Å². The van der Waals surface area contributed by atoms with Crippen molar-refractivity contribution in [3.8, 4) is 16.5 Å². The zero-order valence-corrected chi connectivity index (χ0v) is 20.7. The van der Waals surface area contributed by atoms with Gasteiger partial charge in [-0.25, -0.2) is 9.78 Å². The maximum Gasteiger partial charge on any atom is 0.326 e. The molecule has 1 aliphatic heterocycles. The number of rotatable bonds is 5. The van der Waals surface area contributed by atoms with E-state index in [2.05, 4.69) is 20.0 Å². The molecule has 4 aromatic heterocycles. The normalized spacial score (nSPS) is 19.3. The molecule has 11 nitrogen and oxygen atoms in total. The second-order valence-corrected chi connectivity index (χ2v) is 10.6. The van der Waals surface area contributed by atoms with Crippen LogP contribution in [0, 0.1) is 0 Å². The second kappa shape index (κ2) is 8.71. The summed E-state index contributed by atoms with van der Waals surface area (Å²) in [5, 5.41) is 15.1. The molecule has 2 fully saturated rings. The van der Waals surface area contributed by atoms with Crippen LogP contribution >= 0.6 is 11.3 Å². The van der Waals surface area contributed by atoms with Gasteiger partial charge in [-0.3, -0.25) is 14.8 Å². The highest BCUT2D eigenvalue weighted by atomic mass is 32.1. The van der Waals surface area contributed by atoms with E-state index in [1.54, 1.807) is 16.8 Å². The molecule has 12 heteroatoms. The first-order chi connectivity index (χ1) is 17.4. The van der Waals surface area contributed by atoms with E-state index in [4.69, 9.17) is 9.98 Å². The van der Waals surface area contributed by atoms with Crippen LogP contribution in [0.1, 0.15) is 34.6 Å². The van der Waals surface area contributed by atoms with E-state index >= 15 is 0 Å². The molecule has 0 bridgehead atoms. The summed E-state index contributed by atoms with van der Waals surface area (Å²) in [7, 11) is 4.09. The number of aromatic nitrogens is 5. The van der Waals surface area contributed by atoms with Gasteiger partial charge in [-0.2, -0.15) is 9.61 Å². The number of carbonyl (C=O) groups is 1. The van der Waals surface area contributed by atoms with Gasteiger partial charge >= 0.3 is 5.69 Å². The van der Waals surface area contributed by atoms with Crippen LogP contribution in [-0.4, -0.2) is 84.6 Å². The second-order valence-electron chi connectivity index (χ2n) is 9.50. The number of carbonyl (C=O) groups excluding carboxylic acids is 1. The lowest BCUT2D eigenvalue weighted by molar-refractivity contribution is 0.0788. The van der Waals surface area contributed by atoms with Crippen LogP contribution in [0.3, 0.4) is 0 Å². The fourth-order valence-electron chi connectivity index (χ4n) is 4.42. The zero-order chi connectivity index (χ0) is 25.0. The van der Waals surface area contributed by atoms with Crippen LogP contribution < -0.4 is 16.4 Å². The maximum absolute atomic E-state index is 13.1. The molecule has 0 radical (unpaired) electrons. The van der Waals surface area contributed by atoms with Crippen molar-refractivity contribution in [2.24, 2.45) is 4.99 Å². The molecule has 36 heavy (non-hydrogen) atoms. The maximum atomic E-state index is 13.1. The van der Waals surface area contributed by atoms with Gasteiger partial charge in [0.25, 0.3) is 5.91 Å². The molecule has 5 heterocycles. The third-order valence-corrected chi connectivity index (χ3v) is 7.72. The summed E-state index contributed by atoms with van der Waals surface area (Å²) in [5.74, 6) is -0.206. The first-order valence-electron chi connectivity index (χ1n) is 11.9. The van der Waals surface area contributed by atoms with E-state index in [-0.39, 0.29) is 23.5 Å². The van der Waals surface area contributed by atoms with Crippen molar-refractivity contribution in [2.75, 3.05) is 27.2 Å². The summed E-state index contributed by atoms with van der Waals surface area (Å²) >= 11 is 1.42. The third-order valence-electron chi connectivity index (χ3n) is 6.63. The molecule has 0 spiro atoms. The molecule has 0 aromatic carbocycles. The van der Waals surface area contributed by atoms with Gasteiger partial charge in [0.05, 0.1) is 27.7 Å². The number of H-pyrrole nitrogens is 2. The van der Waals surface area contributed by atoms with Crippen molar-refractivity contribution >= 4 is 29.0 Å². The van der Waals surface area contributed by atoms with E-state index in [1.165, 1.54) is 11.3 Å². The van der Waals surface area contributed by atoms with Crippen LogP contribution in [0.2, 0.25) is 0 Å². The fraction of sp³-hybridized carbons (Fsp3) is 0.375. The van der Waals surface area contributed by atoms with Crippen molar-refractivity contribution in [3.05, 3.63) is 56.2 Å². The summed E-state index contributed by atoms with van der Waals surface area (Å²) in [4.78, 5) is 44.8. The monoisotopic (exact) mass is 506 g/mol. The van der Waals surface area contributed by atoms with Crippen molar-refractivity contribution in [2.45, 2.75) is 31.3 Å². The number of likely N-dealkylation sites (tertiary alicyclic amines) is 1. The highest BCUT2D eigenvalue weighted by molar-refractivity contribution is 7.17. The predicted molar refractivity (Wildman–Crippen MR) is 135 cm³/mol. The molecule has 1 aliphatic carbocycles. The minimum atomic E-state index is -0.501. The van der Waals surface area contributed by atoms with E-state index in [0.29, 0.717) is 33.0 Å². The highest BCUT2D eigenvalue weighted by Gasteiger charge is 2.29. The van der Waals surface area contributed by atoms with Gasteiger partial charge in [0.2, 0.25) is 5.88 Å². The Hall–Kier alpha value is -3.77. The molecular formula is C24H26N8O3S. The third kappa shape index (κ3) is 4.22. The van der Waals surface area contributed by atoms with Crippen molar-refractivity contribution < 1.29 is 9.90 Å². The molecule has 1 saturated carbocycles. The number of fused-ring (bicyclic) bond motifs is 1. The Kier molecular flexibility index (Phi) is 5.49. The Balaban J connectivity index is 1.40. The average molecular weight is 507 g/mol. The number of aromatic hydroxyl groups is 1. The molecular weight excluding hydrogens is 480 g/mol. The lowest BCUT2D eigenvalue weighted by Crippen LogP contribution is -2.34. The van der Waals surface area contributed by atoms with Crippen LogP contribution in [0.25, 0.3) is 22.3 Å². The number of imidazole rings is 1. The van der Waals surface area contributed by atoms with Gasteiger partial charge in [0.1, 0.15) is 5.69 Å². The molecule has 4 aromatic rings. The molecule has 2 aliphatic rings. The van der Waals surface area contributed by atoms with Crippen LogP contribution in [-0.2, 0) is 0 Å². The quantitative estimate of drug-likeness (QED) is 0.362. The summed E-state index contributed by atoms with van der Waals surface area (Å²) in [5.41, 5.74) is 1.66. The van der Waals surface area contributed by atoms with Crippen LogP contribution in [0.4, 0.5) is 0 Å². The Morgan fingerprint density at radius 3 is 2.81 bits per heavy atom. The van der Waals surface area contributed by atoms with E-state index in [0.717, 1.165) is 37.2 Å². The van der Waals surface area contributed by atoms with Crippen molar-refractivity contribution in [1.82, 2.24) is 34.4 Å². The smallest absolute Gasteiger partial charge is 0.326 e. The summed E-state index contributed by atoms with van der Waals surface area (Å²) < 4.78 is 1.67. The molecule has 186 valence electrons. The van der Waals surface area contributed by atoms with Gasteiger partial charge in [-0.05, 0) is 51.6 Å². The number of amides is 1. The molecule has 1 atom stereocenters. The minimum Gasteiger partial charge on any atom is -0.493 e. The molecule has 1 amide bonds. The fourth-order valence-corrected chi connectivity index (χ4v) is 5.35. The number of hydrogen-bond acceptors (Lipinski definition) is 8. The van der Waals surface area contributed by atoms with Crippen LogP contribution in [0.15, 0.2) is 34.2 Å². The van der Waals surface area contributed by atoms with Gasteiger partial charge < -0.3 is 19.9 Å². The minimum absolute atomic E-state index is 0.0461. The van der Waals surface area contributed by atoms with Gasteiger partial charge in [-0.1, -0.05) is 0 Å². The standard InChI is InChI=1S/C24H26N8O3S/c1-30(2)15-7-8-31(12-15)23(34)19-6-5-18(36-19)16-10-20(26-14-3-4-14)32-21(27-16)13(11-25-32)9-17-22(33)29-24(35)28-17/h5-6,9-11,14-15,33H,3-4,7-8,12H2,1-2H3,(H2,28,29,35)/b13-9-,26-20?. The number of likely N-dealkylation sites (N-methyl/N-ethyl adjacent to an activating group) is 1. The van der Waals surface area contributed by atoms with Crippen molar-refractivity contribution in [3.63, 3.8) is 0 Å². The SMILES string of the molecule is CN(C)C1CCN(C(=O)c2ccc(-c3cc(=NC4CC4)n4nc/c(=C/c5[nH]c(=O)[nH]c5O)c4n3)s2)C1. The zero-order valence-electron chi connectivity index (χ0n) is 19.9. The van der Waals surface area contributed by atoms with Gasteiger partial charge in [-0.15, -0.1) is 11.3 Å². The first kappa shape index (κ1) is 22.7. The van der Waals surface area contributed by atoms with E-state index < -0.39 is 5.69 Å². The summed E-state index contributed by atoms with van der Waals surface area (Å²) in [6.45, 7) is 1.49. The lowest BCUT2D eigenvalue weighted by atomic mass is 10.2. The molecule has 1 saturated heterocycles. The number of aromatic amines is 2. The first-order valence-corrected chi connectivity index (χ1v) is 12.7. The number of hydrogen-bond donors (Lipinski definition) is 3. The molecule has 6 rings (SSSR count). The molecule has 3 N–H and O–H groups in total. The predicted octanol–water partition coefficient (Wildman–Crippen LogP) is 0.567. The Morgan fingerprint density at radius 2 is 2.11 bits per heavy atom. The number of thiophene rings is 1. The Morgan fingerprint density at radius 1 is 1.28 bits per heavy atom. The van der Waals surface area contributed by atoms with Gasteiger partial charge in [0, 0.05) is 30.4 Å². The van der Waals surface area contributed by atoms with Crippen molar-refractivity contribution in [1.29, 1.82) is 0 Å². The number of nitrogens with zero attached hydrogens (tertiary/aromatic N) is 6. The topological polar surface area (TPSA) is 135 Å². The molecule has 1 unspecified atom stereocenters. The summed E-state index contributed by atoms with van der Waals surface area (Å²) in [6, 6.07) is 6.34. The average Bonchev–Trinajstić information content (AvgIpc) is 3.25. The Bertz CT molecular complexity index is 1640. The number of nitrogens with one attached hydrogen (secondary N) is 2. The Labute approximate surface area is 209 Å².